The number of carbonyl (C=O) groups is 1. The fraction of sp³-hybridized carbons (Fsp3) is 0.0952. The summed E-state index contributed by atoms with van der Waals surface area (Å²) in [6.45, 7) is 1.92. The van der Waals surface area contributed by atoms with E-state index in [1.807, 2.05) is 29.7 Å². The van der Waals surface area contributed by atoms with Crippen LogP contribution in [0.25, 0.3) is 17.0 Å². The van der Waals surface area contributed by atoms with Gasteiger partial charge in [0.15, 0.2) is 0 Å². The Balaban J connectivity index is 1.59. The number of hydrogen-bond donors (Lipinski definition) is 1. The van der Waals surface area contributed by atoms with Crippen molar-refractivity contribution in [3.05, 3.63) is 83.8 Å². The highest BCUT2D eigenvalue weighted by molar-refractivity contribution is 6.04. The highest BCUT2D eigenvalue weighted by atomic mass is 19.4. The van der Waals surface area contributed by atoms with Gasteiger partial charge in [-0.25, -0.2) is 9.97 Å². The van der Waals surface area contributed by atoms with E-state index in [0.717, 1.165) is 41.2 Å². The fourth-order valence-corrected chi connectivity index (χ4v) is 3.03. The second-order valence-corrected chi connectivity index (χ2v) is 6.45. The molecule has 0 bridgehead atoms. The number of benzene rings is 2. The molecule has 2 heterocycles. The van der Waals surface area contributed by atoms with Gasteiger partial charge < -0.3 is 5.32 Å². The average Bonchev–Trinajstić information content (AvgIpc) is 3.05. The molecule has 0 saturated heterocycles. The second-order valence-electron chi connectivity index (χ2n) is 6.45. The molecule has 146 valence electrons. The van der Waals surface area contributed by atoms with Crippen molar-refractivity contribution in [2.24, 2.45) is 0 Å². The molecule has 0 fully saturated rings. The van der Waals surface area contributed by atoms with E-state index in [0.29, 0.717) is 11.5 Å². The predicted molar refractivity (Wildman–Crippen MR) is 103 cm³/mol. The monoisotopic (exact) mass is 396 g/mol. The fourth-order valence-electron chi connectivity index (χ4n) is 3.03. The van der Waals surface area contributed by atoms with Gasteiger partial charge >= 0.3 is 6.18 Å². The Morgan fingerprint density at radius 1 is 1.07 bits per heavy atom. The number of rotatable bonds is 3. The van der Waals surface area contributed by atoms with E-state index < -0.39 is 17.6 Å². The minimum absolute atomic E-state index is 0.136. The molecule has 2 aromatic carbocycles. The van der Waals surface area contributed by atoms with Crippen LogP contribution in [0.5, 0.6) is 0 Å². The summed E-state index contributed by atoms with van der Waals surface area (Å²) >= 11 is 0. The number of anilines is 1. The summed E-state index contributed by atoms with van der Waals surface area (Å²) in [6, 6.07) is 13.0. The molecule has 1 N–H and O–H groups in total. The van der Waals surface area contributed by atoms with Crippen molar-refractivity contribution in [3.63, 3.8) is 0 Å². The lowest BCUT2D eigenvalue weighted by Gasteiger charge is -2.09. The quantitative estimate of drug-likeness (QED) is 0.532. The number of halogens is 3. The molecule has 0 unspecified atom stereocenters. The summed E-state index contributed by atoms with van der Waals surface area (Å²) in [5.74, 6) is 0.0726. The van der Waals surface area contributed by atoms with Gasteiger partial charge in [0.2, 0.25) is 5.78 Å². The van der Waals surface area contributed by atoms with Gasteiger partial charge in [0.1, 0.15) is 0 Å². The third-order valence-electron chi connectivity index (χ3n) is 4.51. The molecule has 2 aromatic heterocycles. The molecule has 4 aromatic rings. The Kier molecular flexibility index (Phi) is 4.54. The SMILES string of the molecule is Cc1c(-c2cccc(NC(=O)c3ccc(C(F)(F)F)cc3)c2)nc2ncccn12. The van der Waals surface area contributed by atoms with E-state index in [-0.39, 0.29) is 5.56 Å². The standard InChI is InChI=1S/C21H15F3N4O/c1-13-18(27-20-25-10-3-11-28(13)20)15-4-2-5-17(12-15)26-19(29)14-6-8-16(9-7-14)21(22,23)24/h2-12H,1H3,(H,26,29). The summed E-state index contributed by atoms with van der Waals surface area (Å²) in [4.78, 5) is 21.2. The molecular formula is C21H15F3N4O. The van der Waals surface area contributed by atoms with Gasteiger partial charge in [0, 0.05) is 34.9 Å². The zero-order valence-electron chi connectivity index (χ0n) is 15.2. The van der Waals surface area contributed by atoms with Crippen LogP contribution in [0.2, 0.25) is 0 Å². The first-order valence-corrected chi connectivity index (χ1v) is 8.71. The lowest BCUT2D eigenvalue weighted by atomic mass is 10.1. The van der Waals surface area contributed by atoms with Crippen LogP contribution in [0.15, 0.2) is 67.0 Å². The summed E-state index contributed by atoms with van der Waals surface area (Å²) in [6.07, 6.45) is -0.916. The molecule has 29 heavy (non-hydrogen) atoms. The average molecular weight is 396 g/mol. The molecule has 0 aliphatic carbocycles. The van der Waals surface area contributed by atoms with Crippen molar-refractivity contribution in [2.45, 2.75) is 13.1 Å². The Bertz CT molecular complexity index is 1200. The lowest BCUT2D eigenvalue weighted by Crippen LogP contribution is -2.12. The van der Waals surface area contributed by atoms with Gasteiger partial charge in [0.25, 0.3) is 5.91 Å². The van der Waals surface area contributed by atoms with Crippen molar-refractivity contribution >= 4 is 17.4 Å². The molecule has 4 rings (SSSR count). The molecule has 5 nitrogen and oxygen atoms in total. The number of imidazole rings is 1. The highest BCUT2D eigenvalue weighted by Gasteiger charge is 2.30. The van der Waals surface area contributed by atoms with Crippen LogP contribution in [0.4, 0.5) is 18.9 Å². The minimum Gasteiger partial charge on any atom is -0.322 e. The maximum absolute atomic E-state index is 12.7. The van der Waals surface area contributed by atoms with Gasteiger partial charge in [-0.05, 0) is 49.4 Å². The van der Waals surface area contributed by atoms with Gasteiger partial charge in [-0.2, -0.15) is 13.2 Å². The topological polar surface area (TPSA) is 59.3 Å². The summed E-state index contributed by atoms with van der Waals surface area (Å²) in [5, 5.41) is 2.71. The molecule has 0 saturated carbocycles. The first-order valence-electron chi connectivity index (χ1n) is 8.71. The van der Waals surface area contributed by atoms with Crippen LogP contribution < -0.4 is 5.32 Å². The van der Waals surface area contributed by atoms with Crippen molar-refractivity contribution in [2.75, 3.05) is 5.32 Å². The van der Waals surface area contributed by atoms with Crippen LogP contribution in [-0.2, 0) is 6.18 Å². The third kappa shape index (κ3) is 3.69. The van der Waals surface area contributed by atoms with Crippen molar-refractivity contribution < 1.29 is 18.0 Å². The van der Waals surface area contributed by atoms with E-state index in [4.69, 9.17) is 0 Å². The molecule has 0 spiro atoms. The first-order chi connectivity index (χ1) is 13.8. The van der Waals surface area contributed by atoms with E-state index in [1.54, 1.807) is 24.4 Å². The number of aromatic nitrogens is 3. The zero-order chi connectivity index (χ0) is 20.6. The maximum atomic E-state index is 12.7. The van der Waals surface area contributed by atoms with Crippen LogP contribution in [-0.4, -0.2) is 20.3 Å². The number of nitrogens with one attached hydrogen (secondary N) is 1. The number of hydrogen-bond acceptors (Lipinski definition) is 3. The van der Waals surface area contributed by atoms with E-state index in [1.165, 1.54) is 0 Å². The van der Waals surface area contributed by atoms with Gasteiger partial charge in [-0.3, -0.25) is 9.20 Å². The number of aryl methyl sites for hydroxylation is 1. The number of carbonyl (C=O) groups excluding carboxylic acids is 1. The van der Waals surface area contributed by atoms with Crippen LogP contribution >= 0.6 is 0 Å². The van der Waals surface area contributed by atoms with Crippen LogP contribution in [0.3, 0.4) is 0 Å². The Labute approximate surface area is 163 Å². The number of nitrogens with zero attached hydrogens (tertiary/aromatic N) is 3. The molecule has 8 heteroatoms. The van der Waals surface area contributed by atoms with Crippen molar-refractivity contribution in [1.82, 2.24) is 14.4 Å². The summed E-state index contributed by atoms with van der Waals surface area (Å²) in [7, 11) is 0. The first kappa shape index (κ1) is 18.7. The largest absolute Gasteiger partial charge is 0.416 e. The molecule has 0 atom stereocenters. The normalized spacial score (nSPS) is 11.6. The van der Waals surface area contributed by atoms with Crippen molar-refractivity contribution in [3.8, 4) is 11.3 Å². The molecule has 0 aliphatic rings. The Morgan fingerprint density at radius 3 is 2.52 bits per heavy atom. The van der Waals surface area contributed by atoms with Gasteiger partial charge in [-0.1, -0.05) is 12.1 Å². The highest BCUT2D eigenvalue weighted by Crippen LogP contribution is 2.29. The second kappa shape index (κ2) is 7.05. The smallest absolute Gasteiger partial charge is 0.322 e. The Hall–Kier alpha value is -3.68. The molecule has 0 radical (unpaired) electrons. The predicted octanol–water partition coefficient (Wildman–Crippen LogP) is 4.98. The van der Waals surface area contributed by atoms with E-state index in [9.17, 15) is 18.0 Å². The summed E-state index contributed by atoms with van der Waals surface area (Å²) in [5.41, 5.74) is 2.27. The van der Waals surface area contributed by atoms with Crippen LogP contribution in [0, 0.1) is 6.92 Å². The summed E-state index contributed by atoms with van der Waals surface area (Å²) < 4.78 is 39.9. The van der Waals surface area contributed by atoms with Gasteiger partial charge in [0.05, 0.1) is 11.3 Å². The van der Waals surface area contributed by atoms with E-state index >= 15 is 0 Å². The number of amides is 1. The lowest BCUT2D eigenvalue weighted by molar-refractivity contribution is -0.137. The molecular weight excluding hydrogens is 381 g/mol. The Morgan fingerprint density at radius 2 is 1.83 bits per heavy atom. The minimum atomic E-state index is -4.44. The van der Waals surface area contributed by atoms with Crippen molar-refractivity contribution in [1.29, 1.82) is 0 Å². The van der Waals surface area contributed by atoms with E-state index in [2.05, 4.69) is 15.3 Å². The van der Waals surface area contributed by atoms with Crippen LogP contribution in [0.1, 0.15) is 21.6 Å². The maximum Gasteiger partial charge on any atom is 0.416 e. The molecule has 1 amide bonds. The molecule has 0 aliphatic heterocycles. The zero-order valence-corrected chi connectivity index (χ0v) is 15.2. The van der Waals surface area contributed by atoms with Gasteiger partial charge in [-0.15, -0.1) is 0 Å². The third-order valence-corrected chi connectivity index (χ3v) is 4.51. The number of fused-ring (bicyclic) bond motifs is 1. The number of alkyl halides is 3.